The Bertz CT molecular complexity index is 379. The highest BCUT2D eigenvalue weighted by Crippen LogP contribution is 2.29. The molecule has 1 N–H and O–H groups in total. The lowest BCUT2D eigenvalue weighted by atomic mass is 10.3. The molecule has 0 bridgehead atoms. The number of aromatic carboxylic acids is 1. The normalized spacial score (nSPS) is 15.0. The first kappa shape index (κ1) is 11.4. The first-order chi connectivity index (χ1) is 7.77. The van der Waals surface area contributed by atoms with E-state index >= 15 is 0 Å². The van der Waals surface area contributed by atoms with Gasteiger partial charge in [-0.3, -0.25) is 0 Å². The molecular formula is C11H13NO3S. The smallest absolute Gasteiger partial charge is 0.338 e. The number of nitrogens with zero attached hydrogens (tertiary/aromatic N) is 1. The molecule has 0 saturated heterocycles. The van der Waals surface area contributed by atoms with Crippen molar-refractivity contribution in [2.75, 3.05) is 12.5 Å². The second-order valence-electron chi connectivity index (χ2n) is 3.74. The van der Waals surface area contributed by atoms with Crippen molar-refractivity contribution in [3.63, 3.8) is 0 Å². The van der Waals surface area contributed by atoms with Crippen LogP contribution in [0.3, 0.4) is 0 Å². The molecule has 16 heavy (non-hydrogen) atoms. The third-order valence-corrected chi connectivity index (χ3v) is 3.21. The Morgan fingerprint density at radius 1 is 1.62 bits per heavy atom. The highest BCUT2D eigenvalue weighted by molar-refractivity contribution is 7.99. The molecule has 0 unspecified atom stereocenters. The second-order valence-corrected chi connectivity index (χ2v) is 4.65. The summed E-state index contributed by atoms with van der Waals surface area (Å²) >= 11 is 1.33. The van der Waals surface area contributed by atoms with E-state index in [0.29, 0.717) is 11.0 Å². The van der Waals surface area contributed by atoms with Crippen LogP contribution in [0.5, 0.6) is 0 Å². The molecule has 1 saturated carbocycles. The monoisotopic (exact) mass is 239 g/mol. The molecule has 4 nitrogen and oxygen atoms in total. The minimum absolute atomic E-state index is 0.238. The minimum atomic E-state index is -0.946. The number of ether oxygens (including phenoxy) is 1. The van der Waals surface area contributed by atoms with E-state index in [1.165, 1.54) is 24.6 Å². The predicted octanol–water partition coefficient (Wildman–Crippen LogP) is 2.26. The van der Waals surface area contributed by atoms with Crippen LogP contribution in [-0.4, -0.2) is 28.6 Å². The van der Waals surface area contributed by atoms with Gasteiger partial charge in [-0.1, -0.05) is 11.8 Å². The van der Waals surface area contributed by atoms with Gasteiger partial charge in [-0.25, -0.2) is 9.78 Å². The third-order valence-electron chi connectivity index (χ3n) is 2.33. The summed E-state index contributed by atoms with van der Waals surface area (Å²) in [5.41, 5.74) is 0.238. The Hall–Kier alpha value is -1.07. The lowest BCUT2D eigenvalue weighted by Crippen LogP contribution is -2.02. The first-order valence-electron chi connectivity index (χ1n) is 5.16. The maximum Gasteiger partial charge on any atom is 0.338 e. The van der Waals surface area contributed by atoms with Crippen molar-refractivity contribution in [2.45, 2.75) is 17.9 Å². The van der Waals surface area contributed by atoms with E-state index in [-0.39, 0.29) is 5.56 Å². The topological polar surface area (TPSA) is 59.4 Å². The Morgan fingerprint density at radius 2 is 2.44 bits per heavy atom. The minimum Gasteiger partial charge on any atom is -0.478 e. The Labute approximate surface area is 98.0 Å². The van der Waals surface area contributed by atoms with Crippen LogP contribution < -0.4 is 0 Å². The second kappa shape index (κ2) is 5.32. The molecule has 1 aromatic heterocycles. The SMILES string of the molecule is O=C(O)c1cccnc1SCOCC1CC1. The standard InChI is InChI=1S/C11H13NO3S/c13-11(14)9-2-1-5-12-10(9)16-7-15-6-8-3-4-8/h1-2,5,8H,3-4,6-7H2,(H,13,14). The van der Waals surface area contributed by atoms with Gasteiger partial charge in [0.2, 0.25) is 0 Å². The summed E-state index contributed by atoms with van der Waals surface area (Å²) in [5.74, 6) is 0.245. The average molecular weight is 239 g/mol. The van der Waals surface area contributed by atoms with Gasteiger partial charge in [-0.15, -0.1) is 0 Å². The first-order valence-corrected chi connectivity index (χ1v) is 6.15. The van der Waals surface area contributed by atoms with E-state index in [0.717, 1.165) is 12.5 Å². The lowest BCUT2D eigenvalue weighted by Gasteiger charge is -2.04. The van der Waals surface area contributed by atoms with Crippen molar-refractivity contribution >= 4 is 17.7 Å². The molecule has 0 amide bonds. The maximum absolute atomic E-state index is 10.9. The summed E-state index contributed by atoms with van der Waals surface area (Å²) < 4.78 is 5.43. The fourth-order valence-electron chi connectivity index (χ4n) is 1.27. The fourth-order valence-corrected chi connectivity index (χ4v) is 2.00. The molecule has 0 spiro atoms. The molecule has 2 rings (SSSR count). The van der Waals surface area contributed by atoms with Gasteiger partial charge in [0, 0.05) is 6.20 Å². The predicted molar refractivity (Wildman–Crippen MR) is 60.6 cm³/mol. The number of carbonyl (C=O) groups is 1. The van der Waals surface area contributed by atoms with Gasteiger partial charge < -0.3 is 9.84 Å². The van der Waals surface area contributed by atoms with E-state index in [9.17, 15) is 4.79 Å². The van der Waals surface area contributed by atoms with Crippen LogP contribution in [0.1, 0.15) is 23.2 Å². The van der Waals surface area contributed by atoms with Gasteiger partial charge in [0.25, 0.3) is 0 Å². The molecular weight excluding hydrogens is 226 g/mol. The van der Waals surface area contributed by atoms with Gasteiger partial charge in [-0.05, 0) is 30.9 Å². The molecule has 5 heteroatoms. The van der Waals surface area contributed by atoms with Gasteiger partial charge in [0.1, 0.15) is 5.03 Å². The van der Waals surface area contributed by atoms with E-state index in [4.69, 9.17) is 9.84 Å². The molecule has 0 radical (unpaired) electrons. The zero-order chi connectivity index (χ0) is 11.4. The largest absolute Gasteiger partial charge is 0.478 e. The Morgan fingerprint density at radius 3 is 3.12 bits per heavy atom. The van der Waals surface area contributed by atoms with Crippen LogP contribution in [0.15, 0.2) is 23.4 Å². The molecule has 86 valence electrons. The summed E-state index contributed by atoms with van der Waals surface area (Å²) in [4.78, 5) is 14.9. The summed E-state index contributed by atoms with van der Waals surface area (Å²) in [7, 11) is 0. The molecule has 1 heterocycles. The van der Waals surface area contributed by atoms with Gasteiger partial charge in [-0.2, -0.15) is 0 Å². The molecule has 0 aromatic carbocycles. The van der Waals surface area contributed by atoms with Gasteiger partial charge in [0.05, 0.1) is 18.1 Å². The molecule has 1 fully saturated rings. The van der Waals surface area contributed by atoms with Crippen LogP contribution in [0.4, 0.5) is 0 Å². The molecule has 1 aliphatic carbocycles. The number of pyridine rings is 1. The van der Waals surface area contributed by atoms with Crippen LogP contribution in [0, 0.1) is 5.92 Å². The van der Waals surface area contributed by atoms with Crippen LogP contribution in [0.2, 0.25) is 0 Å². The summed E-state index contributed by atoms with van der Waals surface area (Å²) in [6.07, 6.45) is 4.11. The number of rotatable bonds is 6. The average Bonchev–Trinajstić information content (AvgIpc) is 3.08. The molecule has 1 aliphatic rings. The lowest BCUT2D eigenvalue weighted by molar-refractivity contribution is 0.0692. The molecule has 1 aromatic rings. The van der Waals surface area contributed by atoms with Crippen molar-refractivity contribution in [3.8, 4) is 0 Å². The van der Waals surface area contributed by atoms with Gasteiger partial charge in [0.15, 0.2) is 0 Å². The van der Waals surface area contributed by atoms with Gasteiger partial charge >= 0.3 is 5.97 Å². The van der Waals surface area contributed by atoms with Crippen molar-refractivity contribution < 1.29 is 14.6 Å². The van der Waals surface area contributed by atoms with E-state index in [1.54, 1.807) is 18.3 Å². The number of hydrogen-bond acceptors (Lipinski definition) is 4. The summed E-state index contributed by atoms with van der Waals surface area (Å²) in [6.45, 7) is 0.780. The number of carboxylic acids is 1. The molecule has 0 aliphatic heterocycles. The van der Waals surface area contributed by atoms with E-state index in [2.05, 4.69) is 4.98 Å². The number of thioether (sulfide) groups is 1. The third kappa shape index (κ3) is 3.21. The number of carboxylic acid groups (broad SMARTS) is 1. The Kier molecular flexibility index (Phi) is 3.79. The maximum atomic E-state index is 10.9. The number of hydrogen-bond donors (Lipinski definition) is 1. The fraction of sp³-hybridized carbons (Fsp3) is 0.455. The van der Waals surface area contributed by atoms with Crippen LogP contribution >= 0.6 is 11.8 Å². The summed E-state index contributed by atoms with van der Waals surface area (Å²) in [5, 5.41) is 9.45. The van der Waals surface area contributed by atoms with E-state index < -0.39 is 5.97 Å². The van der Waals surface area contributed by atoms with Crippen molar-refractivity contribution in [3.05, 3.63) is 23.9 Å². The van der Waals surface area contributed by atoms with Crippen molar-refractivity contribution in [1.82, 2.24) is 4.98 Å². The highest BCUT2D eigenvalue weighted by Gasteiger charge is 2.21. The zero-order valence-corrected chi connectivity index (χ0v) is 9.57. The summed E-state index contributed by atoms with van der Waals surface area (Å²) in [6, 6.07) is 3.18. The van der Waals surface area contributed by atoms with Crippen LogP contribution in [0.25, 0.3) is 0 Å². The highest BCUT2D eigenvalue weighted by atomic mass is 32.2. The Balaban J connectivity index is 1.84. The van der Waals surface area contributed by atoms with Crippen molar-refractivity contribution in [2.24, 2.45) is 5.92 Å². The quantitative estimate of drug-likeness (QED) is 0.468. The number of aromatic nitrogens is 1. The van der Waals surface area contributed by atoms with Crippen LogP contribution in [-0.2, 0) is 4.74 Å². The molecule has 0 atom stereocenters. The zero-order valence-electron chi connectivity index (χ0n) is 8.76. The van der Waals surface area contributed by atoms with Crippen molar-refractivity contribution in [1.29, 1.82) is 0 Å². The van der Waals surface area contributed by atoms with E-state index in [1.807, 2.05) is 0 Å².